The quantitative estimate of drug-likeness (QED) is 0.709. The molecule has 1 aromatic rings. The summed E-state index contributed by atoms with van der Waals surface area (Å²) in [7, 11) is 0. The number of thioether (sulfide) groups is 1. The van der Waals surface area contributed by atoms with Crippen molar-refractivity contribution < 1.29 is 14.7 Å². The number of carboxylic acid groups (broad SMARTS) is 1. The smallest absolute Gasteiger partial charge is 0.326 e. The number of aromatic nitrogens is 1. The van der Waals surface area contributed by atoms with Crippen molar-refractivity contribution in [1.29, 1.82) is 0 Å². The summed E-state index contributed by atoms with van der Waals surface area (Å²) >= 11 is 3.00. The van der Waals surface area contributed by atoms with Gasteiger partial charge in [-0.2, -0.15) is 11.8 Å². The van der Waals surface area contributed by atoms with Crippen molar-refractivity contribution in [2.24, 2.45) is 0 Å². The van der Waals surface area contributed by atoms with Gasteiger partial charge in [0, 0.05) is 11.1 Å². The Balaban J connectivity index is 2.37. The number of aryl methyl sites for hydroxylation is 1. The zero-order valence-electron chi connectivity index (χ0n) is 10.8. The molecular formula is C11H17N3O3S2. The highest BCUT2D eigenvalue weighted by molar-refractivity contribution is 7.98. The van der Waals surface area contributed by atoms with Crippen LogP contribution in [0.1, 0.15) is 17.1 Å². The van der Waals surface area contributed by atoms with E-state index in [1.165, 1.54) is 11.3 Å². The van der Waals surface area contributed by atoms with Gasteiger partial charge in [0.2, 0.25) is 0 Å². The molecule has 2 amide bonds. The summed E-state index contributed by atoms with van der Waals surface area (Å²) in [6.07, 6.45) is 2.30. The van der Waals surface area contributed by atoms with E-state index in [0.717, 1.165) is 10.7 Å². The van der Waals surface area contributed by atoms with Gasteiger partial charge in [-0.25, -0.2) is 14.6 Å². The molecule has 1 rings (SSSR count). The van der Waals surface area contributed by atoms with Crippen molar-refractivity contribution in [2.45, 2.75) is 25.9 Å². The molecule has 19 heavy (non-hydrogen) atoms. The summed E-state index contributed by atoms with van der Waals surface area (Å²) in [6, 6.07) is -1.34. The maximum Gasteiger partial charge on any atom is 0.326 e. The van der Waals surface area contributed by atoms with E-state index in [0.29, 0.717) is 18.7 Å². The highest BCUT2D eigenvalue weighted by Crippen LogP contribution is 2.07. The van der Waals surface area contributed by atoms with Gasteiger partial charge in [-0.15, -0.1) is 11.3 Å². The van der Waals surface area contributed by atoms with Crippen LogP contribution in [0.15, 0.2) is 5.38 Å². The number of nitrogens with one attached hydrogen (secondary N) is 2. The maximum atomic E-state index is 11.6. The molecular weight excluding hydrogens is 286 g/mol. The number of thiazole rings is 1. The van der Waals surface area contributed by atoms with E-state index in [-0.39, 0.29) is 0 Å². The van der Waals surface area contributed by atoms with Crippen molar-refractivity contribution in [3.8, 4) is 0 Å². The molecule has 0 saturated carbocycles. The lowest BCUT2D eigenvalue weighted by Crippen LogP contribution is -2.46. The Bertz CT molecular complexity index is 437. The van der Waals surface area contributed by atoms with Gasteiger partial charge in [-0.3, -0.25) is 0 Å². The van der Waals surface area contributed by atoms with E-state index in [9.17, 15) is 9.59 Å². The fourth-order valence-electron chi connectivity index (χ4n) is 1.34. The number of carboxylic acids is 1. The number of carbonyl (C=O) groups excluding carboxylic acids is 1. The molecule has 1 aromatic heterocycles. The zero-order chi connectivity index (χ0) is 14.3. The van der Waals surface area contributed by atoms with Crippen LogP contribution in [0.4, 0.5) is 4.79 Å². The average molecular weight is 303 g/mol. The second kappa shape index (κ2) is 8.00. The van der Waals surface area contributed by atoms with Crippen molar-refractivity contribution >= 4 is 35.1 Å². The minimum Gasteiger partial charge on any atom is -0.480 e. The van der Waals surface area contributed by atoms with Crippen LogP contribution in [-0.2, 0) is 11.3 Å². The van der Waals surface area contributed by atoms with Gasteiger partial charge in [0.05, 0.1) is 6.54 Å². The normalized spacial score (nSPS) is 11.9. The number of hydrogen-bond donors (Lipinski definition) is 3. The van der Waals surface area contributed by atoms with Crippen LogP contribution in [0.5, 0.6) is 0 Å². The summed E-state index contributed by atoms with van der Waals surface area (Å²) in [5, 5.41) is 16.7. The van der Waals surface area contributed by atoms with Gasteiger partial charge in [0.15, 0.2) is 0 Å². The van der Waals surface area contributed by atoms with E-state index >= 15 is 0 Å². The molecule has 0 aromatic carbocycles. The molecule has 106 valence electrons. The minimum atomic E-state index is -1.02. The first-order valence-corrected chi connectivity index (χ1v) is 7.97. The molecule has 1 heterocycles. The summed E-state index contributed by atoms with van der Waals surface area (Å²) in [4.78, 5) is 26.7. The number of carbonyl (C=O) groups is 2. The first kappa shape index (κ1) is 15.8. The van der Waals surface area contributed by atoms with Crippen molar-refractivity contribution in [3.63, 3.8) is 0 Å². The van der Waals surface area contributed by atoms with E-state index in [4.69, 9.17) is 5.11 Å². The Labute approximate surface area is 120 Å². The fraction of sp³-hybridized carbons (Fsp3) is 0.545. The lowest BCUT2D eigenvalue weighted by atomic mass is 10.2. The number of hydrogen-bond acceptors (Lipinski definition) is 5. The second-order valence-corrected chi connectivity index (χ2v) is 5.81. The Morgan fingerprint density at radius 1 is 1.58 bits per heavy atom. The average Bonchev–Trinajstić information content (AvgIpc) is 2.77. The van der Waals surface area contributed by atoms with Crippen LogP contribution in [0.25, 0.3) is 0 Å². The summed E-state index contributed by atoms with van der Waals surface area (Å²) in [5.41, 5.74) is 0.908. The van der Waals surface area contributed by atoms with Crippen molar-refractivity contribution in [2.75, 3.05) is 12.0 Å². The zero-order valence-corrected chi connectivity index (χ0v) is 12.4. The van der Waals surface area contributed by atoms with E-state index < -0.39 is 18.0 Å². The molecule has 0 radical (unpaired) electrons. The lowest BCUT2D eigenvalue weighted by Gasteiger charge is -2.14. The van der Waals surface area contributed by atoms with Crippen LogP contribution < -0.4 is 10.6 Å². The number of amides is 2. The number of nitrogens with zero attached hydrogens (tertiary/aromatic N) is 1. The molecule has 1 atom stereocenters. The molecule has 0 aliphatic heterocycles. The topological polar surface area (TPSA) is 91.3 Å². The fourth-order valence-corrected chi connectivity index (χ4v) is 2.53. The first-order chi connectivity index (χ1) is 9.02. The highest BCUT2D eigenvalue weighted by atomic mass is 32.2. The second-order valence-electron chi connectivity index (χ2n) is 3.88. The molecule has 8 heteroatoms. The van der Waals surface area contributed by atoms with Crippen LogP contribution in [0.2, 0.25) is 0 Å². The van der Waals surface area contributed by atoms with Crippen molar-refractivity contribution in [1.82, 2.24) is 15.6 Å². The van der Waals surface area contributed by atoms with Gasteiger partial charge in [0.25, 0.3) is 0 Å². The highest BCUT2D eigenvalue weighted by Gasteiger charge is 2.19. The van der Waals surface area contributed by atoms with E-state index in [1.807, 2.05) is 18.6 Å². The van der Waals surface area contributed by atoms with Crippen LogP contribution in [-0.4, -0.2) is 40.1 Å². The predicted octanol–water partition coefficient (Wildman–Crippen LogP) is 1.46. The SMILES string of the molecule is CSCC[C@H](NC(=O)NCc1nc(C)cs1)C(=O)O. The number of rotatable bonds is 7. The molecule has 0 aliphatic carbocycles. The molecule has 0 unspecified atom stereocenters. The minimum absolute atomic E-state index is 0.305. The number of urea groups is 1. The molecule has 6 nitrogen and oxygen atoms in total. The molecule has 0 saturated heterocycles. The summed E-state index contributed by atoms with van der Waals surface area (Å²) in [5.74, 6) is -0.336. The Hall–Kier alpha value is -1.28. The van der Waals surface area contributed by atoms with Crippen LogP contribution in [0, 0.1) is 6.92 Å². The van der Waals surface area contributed by atoms with Gasteiger partial charge in [-0.1, -0.05) is 0 Å². The standard InChI is InChI=1S/C11H17N3O3S2/c1-7-6-19-9(13-7)5-12-11(17)14-8(10(15)16)3-4-18-2/h6,8H,3-5H2,1-2H3,(H,15,16)(H2,12,14,17)/t8-/m0/s1. The van der Waals surface area contributed by atoms with Crippen LogP contribution >= 0.6 is 23.1 Å². The Morgan fingerprint density at radius 3 is 2.84 bits per heavy atom. The largest absolute Gasteiger partial charge is 0.480 e. The Morgan fingerprint density at radius 2 is 2.32 bits per heavy atom. The Kier molecular flexibility index (Phi) is 6.65. The summed E-state index contributed by atoms with van der Waals surface area (Å²) < 4.78 is 0. The number of aliphatic carboxylic acids is 1. The monoisotopic (exact) mass is 303 g/mol. The molecule has 0 aliphatic rings. The molecule has 0 fully saturated rings. The van der Waals surface area contributed by atoms with Gasteiger partial charge >= 0.3 is 12.0 Å². The third-order valence-electron chi connectivity index (χ3n) is 2.28. The van der Waals surface area contributed by atoms with Crippen molar-refractivity contribution in [3.05, 3.63) is 16.1 Å². The lowest BCUT2D eigenvalue weighted by molar-refractivity contribution is -0.139. The van der Waals surface area contributed by atoms with Crippen LogP contribution in [0.3, 0.4) is 0 Å². The van der Waals surface area contributed by atoms with E-state index in [1.54, 1.807) is 11.8 Å². The molecule has 0 bridgehead atoms. The van der Waals surface area contributed by atoms with Gasteiger partial charge in [-0.05, 0) is 25.4 Å². The van der Waals surface area contributed by atoms with Gasteiger partial charge < -0.3 is 15.7 Å². The van der Waals surface area contributed by atoms with E-state index in [2.05, 4.69) is 15.6 Å². The maximum absolute atomic E-state index is 11.6. The third kappa shape index (κ3) is 5.93. The summed E-state index contributed by atoms with van der Waals surface area (Å²) in [6.45, 7) is 2.18. The predicted molar refractivity (Wildman–Crippen MR) is 76.6 cm³/mol. The molecule has 3 N–H and O–H groups in total. The first-order valence-electron chi connectivity index (χ1n) is 5.70. The van der Waals surface area contributed by atoms with Gasteiger partial charge in [0.1, 0.15) is 11.0 Å². The third-order valence-corrected chi connectivity index (χ3v) is 3.89. The molecule has 0 spiro atoms.